The molecule has 0 bridgehead atoms. The molecule has 8 aromatic rings. The summed E-state index contributed by atoms with van der Waals surface area (Å²) in [6.07, 6.45) is 1.77. The minimum atomic E-state index is -3.50. The van der Waals surface area contributed by atoms with Crippen molar-refractivity contribution < 1.29 is 74.5 Å². The quantitative estimate of drug-likeness (QED) is 0.0287. The van der Waals surface area contributed by atoms with Crippen LogP contribution in [0.2, 0.25) is 0 Å². The van der Waals surface area contributed by atoms with Crippen molar-refractivity contribution in [3.05, 3.63) is 189 Å². The van der Waals surface area contributed by atoms with Crippen LogP contribution >= 0.6 is 45.3 Å². The van der Waals surface area contributed by atoms with Crippen LogP contribution in [0.25, 0.3) is 0 Å². The number of benzene rings is 4. The summed E-state index contributed by atoms with van der Waals surface area (Å²) < 4.78 is 113. The van der Waals surface area contributed by atoms with Crippen LogP contribution in [0.5, 0.6) is 0 Å². The van der Waals surface area contributed by atoms with E-state index in [1.807, 2.05) is 97.1 Å². The molecule has 36 heteroatoms. The largest absolute Gasteiger partial charge is 0.392 e. The molecule has 8 fully saturated rings. The van der Waals surface area contributed by atoms with Gasteiger partial charge in [0.15, 0.2) is 0 Å². The van der Waals surface area contributed by atoms with Crippen molar-refractivity contribution >= 4 is 108 Å². The Morgan fingerprint density at radius 2 is 0.460 bits per heavy atom. The maximum absolute atomic E-state index is 13.1. The summed E-state index contributed by atoms with van der Waals surface area (Å²) in [4.78, 5) is 17.9. The standard InChI is InChI=1S/4C22H31N3O4S2/c4*1-22(2,27)17-5-7-18(8-6-17)25-12-11-24(31(28,29)21-4-3-13-30-21)15-19(25)14-23-10-9-20(26)16-23/h4*3-8,13,19-20,26-27H,9-12,14-16H2,1-2H3/t2*19-,20+;2*19-,20-/m0011/s1. The summed E-state index contributed by atoms with van der Waals surface area (Å²) in [6.45, 7) is 28.3. The van der Waals surface area contributed by atoms with E-state index in [0.717, 1.165) is 96.9 Å². The highest BCUT2D eigenvalue weighted by atomic mass is 32.3. The second-order valence-electron chi connectivity index (χ2n) is 35.8. The lowest BCUT2D eigenvalue weighted by molar-refractivity contribution is 0.0780. The zero-order valence-electron chi connectivity index (χ0n) is 72.1. The van der Waals surface area contributed by atoms with Crippen LogP contribution in [0.4, 0.5) is 22.7 Å². The fourth-order valence-electron chi connectivity index (χ4n) is 17.7. The highest BCUT2D eigenvalue weighted by molar-refractivity contribution is 7.92. The fourth-order valence-corrected chi connectivity index (χ4v) is 28.1. The van der Waals surface area contributed by atoms with Crippen LogP contribution in [0.15, 0.2) is 184 Å². The van der Waals surface area contributed by atoms with Crippen LogP contribution in [-0.2, 0) is 62.5 Å². The van der Waals surface area contributed by atoms with Crippen LogP contribution in [0.3, 0.4) is 0 Å². The molecule has 0 aliphatic carbocycles. The van der Waals surface area contributed by atoms with E-state index < -0.39 is 62.5 Å². The number of likely N-dealkylation sites (tertiary alicyclic amines) is 4. The summed E-state index contributed by atoms with van der Waals surface area (Å²) in [5.74, 6) is 0. The Kier molecular flexibility index (Phi) is 31.0. The average molecular weight is 1860 g/mol. The molecule has 8 saturated heterocycles. The molecular weight excluding hydrogens is 1740 g/mol. The SMILES string of the molecule is CC(C)(O)c1ccc(N2CCN(S(=O)(=O)c3cccs3)C[C@@H]2CN2CC[C@@H](O)C2)cc1.CC(C)(O)c1ccc(N2CCN(S(=O)(=O)c3cccs3)C[C@@H]2CN2CC[C@@H](O)C2)cc1.CC(C)(O)c1ccc(N2CCN(S(=O)(=O)c3cccs3)C[C@H]2CN2CC[C@@H](O)C2)cc1.CC(C)(O)c1ccc(N2CCN(S(=O)(=O)c3cccs3)C[C@H]2CN2CC[C@@H](O)C2)cc1. The maximum Gasteiger partial charge on any atom is 0.252 e. The van der Waals surface area contributed by atoms with Crippen LogP contribution in [-0.4, -0.2) is 317 Å². The molecule has 8 N–H and O–H groups in total. The molecule has 12 heterocycles. The molecule has 4 aromatic carbocycles. The number of anilines is 4. The van der Waals surface area contributed by atoms with Gasteiger partial charge in [-0.1, -0.05) is 72.8 Å². The minimum absolute atomic E-state index is 0.0261. The highest BCUT2D eigenvalue weighted by Gasteiger charge is 2.43. The van der Waals surface area contributed by atoms with Crippen molar-refractivity contribution in [2.45, 2.75) is 169 Å². The zero-order valence-corrected chi connectivity index (χ0v) is 78.6. The lowest BCUT2D eigenvalue weighted by atomic mass is 9.98. The summed E-state index contributed by atoms with van der Waals surface area (Å²) >= 11 is 4.99. The van der Waals surface area contributed by atoms with E-state index in [1.165, 1.54) is 45.3 Å². The third-order valence-electron chi connectivity index (χ3n) is 24.6. The Morgan fingerprint density at radius 3 is 0.605 bits per heavy atom. The molecule has 124 heavy (non-hydrogen) atoms. The number of rotatable bonds is 24. The summed E-state index contributed by atoms with van der Waals surface area (Å²) in [7, 11) is -14.0. The number of β-amino-alcohol motifs (C(OH)–C–C–N with tert-alkyl or cyclic N) is 4. The first-order valence-electron chi connectivity index (χ1n) is 42.7. The van der Waals surface area contributed by atoms with Crippen LogP contribution in [0.1, 0.15) is 103 Å². The minimum Gasteiger partial charge on any atom is -0.392 e. The maximum atomic E-state index is 13.1. The third kappa shape index (κ3) is 23.8. The van der Waals surface area contributed by atoms with Crippen molar-refractivity contribution in [2.24, 2.45) is 0 Å². The summed E-state index contributed by atoms with van der Waals surface area (Å²) in [6, 6.07) is 45.1. The zero-order chi connectivity index (χ0) is 88.9. The number of thiophene rings is 4. The van der Waals surface area contributed by atoms with E-state index in [2.05, 4.69) is 39.2 Å². The van der Waals surface area contributed by atoms with Gasteiger partial charge < -0.3 is 60.5 Å². The van der Waals surface area contributed by atoms with Gasteiger partial charge in [-0.25, -0.2) is 33.7 Å². The molecule has 16 rings (SSSR count). The van der Waals surface area contributed by atoms with Crippen molar-refractivity contribution in [2.75, 3.05) is 177 Å². The van der Waals surface area contributed by atoms with Gasteiger partial charge in [0.1, 0.15) is 16.8 Å². The highest BCUT2D eigenvalue weighted by Crippen LogP contribution is 2.37. The molecule has 8 aliphatic rings. The van der Waals surface area contributed by atoms with Crippen molar-refractivity contribution in [1.29, 1.82) is 0 Å². The van der Waals surface area contributed by atoms with Gasteiger partial charge in [0.05, 0.1) is 71.0 Å². The number of piperazine rings is 4. The monoisotopic (exact) mass is 1860 g/mol. The molecule has 0 radical (unpaired) electrons. The number of aliphatic hydroxyl groups is 8. The van der Waals surface area contributed by atoms with Gasteiger partial charge >= 0.3 is 0 Å². The first kappa shape index (κ1) is 95.6. The number of sulfonamides is 4. The summed E-state index contributed by atoms with van der Waals surface area (Å²) in [5.41, 5.74) is 3.82. The molecule has 4 aromatic heterocycles. The van der Waals surface area contributed by atoms with Crippen molar-refractivity contribution in [3.63, 3.8) is 0 Å². The van der Waals surface area contributed by atoms with Gasteiger partial charge in [-0.3, -0.25) is 19.6 Å². The molecule has 0 unspecified atom stereocenters. The second kappa shape index (κ2) is 40.2. The van der Waals surface area contributed by atoms with E-state index in [4.69, 9.17) is 0 Å². The van der Waals surface area contributed by atoms with Gasteiger partial charge in [0, 0.05) is 180 Å². The van der Waals surface area contributed by atoms with Gasteiger partial charge in [0.25, 0.3) is 40.1 Å². The average Bonchev–Trinajstić information content (AvgIpc) is 1.32. The second-order valence-corrected chi connectivity index (χ2v) is 48.3. The van der Waals surface area contributed by atoms with Gasteiger partial charge in [0.2, 0.25) is 0 Å². The molecule has 8 atom stereocenters. The lowest BCUT2D eigenvalue weighted by Gasteiger charge is -2.43. The first-order valence-corrected chi connectivity index (χ1v) is 52.0. The van der Waals surface area contributed by atoms with Gasteiger partial charge in [-0.05, 0) is 198 Å². The Morgan fingerprint density at radius 1 is 0.274 bits per heavy atom. The van der Waals surface area contributed by atoms with E-state index in [9.17, 15) is 74.5 Å². The van der Waals surface area contributed by atoms with Crippen LogP contribution in [0, 0.1) is 0 Å². The number of nitrogens with zero attached hydrogens (tertiary/aromatic N) is 12. The predicted octanol–water partition coefficient (Wildman–Crippen LogP) is 7.69. The normalized spacial score (nSPS) is 24.1. The molecule has 28 nitrogen and oxygen atoms in total. The predicted molar refractivity (Wildman–Crippen MR) is 492 cm³/mol. The smallest absolute Gasteiger partial charge is 0.252 e. The fraction of sp³-hybridized carbons (Fsp3) is 0.545. The molecule has 680 valence electrons. The van der Waals surface area contributed by atoms with Crippen LogP contribution < -0.4 is 19.6 Å². The number of aliphatic hydroxyl groups excluding tert-OH is 4. The molecule has 0 amide bonds. The molecule has 8 aliphatic heterocycles. The number of hydrogen-bond donors (Lipinski definition) is 8. The topological polar surface area (TPSA) is 337 Å². The Labute approximate surface area is 748 Å². The Bertz CT molecular complexity index is 4530. The summed E-state index contributed by atoms with van der Waals surface area (Å²) in [5, 5.41) is 87.9. The van der Waals surface area contributed by atoms with E-state index >= 15 is 0 Å². The molecule has 0 saturated carbocycles. The Hall–Kier alpha value is -5.96. The van der Waals surface area contributed by atoms with Crippen molar-refractivity contribution in [3.8, 4) is 0 Å². The van der Waals surface area contributed by atoms with Gasteiger partial charge in [-0.15, -0.1) is 45.3 Å². The first-order chi connectivity index (χ1) is 58.6. The Balaban J connectivity index is 0.000000142. The third-order valence-corrected chi connectivity index (χ3v) is 37.6. The molecule has 0 spiro atoms. The van der Waals surface area contributed by atoms with E-state index in [-0.39, 0.29) is 48.6 Å². The van der Waals surface area contributed by atoms with Gasteiger partial charge in [-0.2, -0.15) is 17.2 Å². The molecular formula is C88H124N12O16S8. The van der Waals surface area contributed by atoms with E-state index in [1.54, 1.807) is 143 Å². The van der Waals surface area contributed by atoms with E-state index in [0.29, 0.717) is 148 Å². The van der Waals surface area contributed by atoms with Crippen molar-refractivity contribution in [1.82, 2.24) is 36.8 Å². The number of hydrogen-bond acceptors (Lipinski definition) is 28. The lowest BCUT2D eigenvalue weighted by Crippen LogP contribution is -2.58.